The third-order valence-electron chi connectivity index (χ3n) is 3.29. The van der Waals surface area contributed by atoms with Gasteiger partial charge in [-0.3, -0.25) is 4.79 Å². The van der Waals surface area contributed by atoms with Gasteiger partial charge in [0.25, 0.3) is 0 Å². The molecule has 4 heteroatoms. The fraction of sp³-hybridized carbons (Fsp3) is 0.214. The molecule has 1 unspecified atom stereocenters. The average Bonchev–Trinajstić information content (AvgIpc) is 2.71. The number of fused-ring (bicyclic) bond motifs is 1. The van der Waals surface area contributed by atoms with Crippen LogP contribution in [0.25, 0.3) is 10.9 Å². The molecule has 0 aliphatic heterocycles. The molecular formula is C14H11Br2NO. The van der Waals surface area contributed by atoms with Gasteiger partial charge in [-0.25, -0.2) is 0 Å². The van der Waals surface area contributed by atoms with Gasteiger partial charge in [0.05, 0.1) is 5.92 Å². The van der Waals surface area contributed by atoms with Crippen LogP contribution in [0.15, 0.2) is 39.3 Å². The molecular weight excluding hydrogens is 358 g/mol. The quantitative estimate of drug-likeness (QED) is 0.780. The maximum Gasteiger partial charge on any atom is 0.165 e. The highest BCUT2D eigenvalue weighted by molar-refractivity contribution is 9.11. The number of ketones is 1. The van der Waals surface area contributed by atoms with Crippen LogP contribution in [0.1, 0.15) is 24.5 Å². The minimum absolute atomic E-state index is 0.0301. The molecule has 92 valence electrons. The number of rotatable bonds is 1. The third kappa shape index (κ3) is 2.19. The van der Waals surface area contributed by atoms with E-state index in [-0.39, 0.29) is 11.7 Å². The average molecular weight is 369 g/mol. The number of hydrogen-bond donors (Lipinski definition) is 1. The molecule has 0 saturated heterocycles. The summed E-state index contributed by atoms with van der Waals surface area (Å²) < 4.78 is 2.06. The molecule has 1 atom stereocenters. The lowest BCUT2D eigenvalue weighted by Crippen LogP contribution is -2.14. The van der Waals surface area contributed by atoms with Gasteiger partial charge in [0.15, 0.2) is 5.78 Å². The second-order valence-corrected chi connectivity index (χ2v) is 6.48. The van der Waals surface area contributed by atoms with Gasteiger partial charge in [-0.2, -0.15) is 0 Å². The molecule has 1 heterocycles. The zero-order valence-corrected chi connectivity index (χ0v) is 12.7. The monoisotopic (exact) mass is 367 g/mol. The van der Waals surface area contributed by atoms with E-state index in [0.29, 0.717) is 0 Å². The fourth-order valence-corrected chi connectivity index (χ4v) is 3.21. The maximum absolute atomic E-state index is 12.0. The molecule has 2 aromatic rings. The number of allylic oxidation sites excluding steroid dienone is 2. The highest BCUT2D eigenvalue weighted by atomic mass is 79.9. The highest BCUT2D eigenvalue weighted by Crippen LogP contribution is 2.33. The van der Waals surface area contributed by atoms with E-state index in [4.69, 9.17) is 0 Å². The molecule has 1 aliphatic carbocycles. The van der Waals surface area contributed by atoms with Crippen LogP contribution >= 0.6 is 31.9 Å². The molecule has 0 fully saturated rings. The second kappa shape index (κ2) is 4.67. The molecule has 3 rings (SSSR count). The SMILES string of the molecule is O=C1C=C(Br)CCC1c1cc2cc(Br)ccc2[nH]1. The van der Waals surface area contributed by atoms with Gasteiger partial charge in [-0.1, -0.05) is 31.9 Å². The molecule has 0 bridgehead atoms. The van der Waals surface area contributed by atoms with Gasteiger partial charge in [-0.05, 0) is 47.7 Å². The van der Waals surface area contributed by atoms with Crippen LogP contribution in [-0.4, -0.2) is 10.8 Å². The first-order valence-corrected chi connectivity index (χ1v) is 7.40. The largest absolute Gasteiger partial charge is 0.358 e. The Labute approximate surface area is 122 Å². The van der Waals surface area contributed by atoms with E-state index in [1.165, 1.54) is 0 Å². The molecule has 1 aromatic heterocycles. The highest BCUT2D eigenvalue weighted by Gasteiger charge is 2.24. The van der Waals surface area contributed by atoms with E-state index in [2.05, 4.69) is 49.0 Å². The number of nitrogens with one attached hydrogen (secondary N) is 1. The van der Waals surface area contributed by atoms with Crippen molar-refractivity contribution in [1.82, 2.24) is 4.98 Å². The molecule has 0 saturated carbocycles. The number of H-pyrrole nitrogens is 1. The summed E-state index contributed by atoms with van der Waals surface area (Å²) in [7, 11) is 0. The Morgan fingerprint density at radius 3 is 2.83 bits per heavy atom. The fourth-order valence-electron chi connectivity index (χ4n) is 2.37. The summed E-state index contributed by atoms with van der Waals surface area (Å²) in [6, 6.07) is 8.17. The third-order valence-corrected chi connectivity index (χ3v) is 4.41. The summed E-state index contributed by atoms with van der Waals surface area (Å²) in [5.41, 5.74) is 2.10. The lowest BCUT2D eigenvalue weighted by Gasteiger charge is -2.16. The molecule has 18 heavy (non-hydrogen) atoms. The Kier molecular flexibility index (Phi) is 3.16. The predicted molar refractivity (Wildman–Crippen MR) is 80.0 cm³/mol. The molecule has 1 aromatic carbocycles. The van der Waals surface area contributed by atoms with Crippen LogP contribution in [0.4, 0.5) is 0 Å². The summed E-state index contributed by atoms with van der Waals surface area (Å²) >= 11 is 6.86. The zero-order valence-electron chi connectivity index (χ0n) is 9.54. The van der Waals surface area contributed by atoms with Crippen molar-refractivity contribution in [2.75, 3.05) is 0 Å². The Balaban J connectivity index is 2.02. The van der Waals surface area contributed by atoms with E-state index in [0.717, 1.165) is 38.4 Å². The number of hydrogen-bond acceptors (Lipinski definition) is 1. The maximum atomic E-state index is 12.0. The Bertz CT molecular complexity index is 657. The first kappa shape index (κ1) is 12.2. The Morgan fingerprint density at radius 1 is 1.22 bits per heavy atom. The summed E-state index contributed by atoms with van der Waals surface area (Å²) in [5.74, 6) is 0.149. The van der Waals surface area contributed by atoms with Crippen molar-refractivity contribution < 1.29 is 4.79 Å². The lowest BCUT2D eigenvalue weighted by atomic mass is 9.90. The lowest BCUT2D eigenvalue weighted by molar-refractivity contribution is -0.116. The Hall–Kier alpha value is -0.870. The summed E-state index contributed by atoms with van der Waals surface area (Å²) in [6.45, 7) is 0. The predicted octanol–water partition coefficient (Wildman–Crippen LogP) is 4.66. The number of aromatic nitrogens is 1. The van der Waals surface area contributed by atoms with Crippen LogP contribution in [0, 0.1) is 0 Å². The molecule has 0 radical (unpaired) electrons. The van der Waals surface area contributed by atoms with Crippen LogP contribution in [0.2, 0.25) is 0 Å². The van der Waals surface area contributed by atoms with Crippen LogP contribution in [-0.2, 0) is 4.79 Å². The molecule has 0 amide bonds. The summed E-state index contributed by atoms with van der Waals surface area (Å²) in [6.07, 6.45) is 3.50. The minimum Gasteiger partial charge on any atom is -0.358 e. The van der Waals surface area contributed by atoms with Crippen LogP contribution in [0.5, 0.6) is 0 Å². The number of aromatic amines is 1. The van der Waals surface area contributed by atoms with E-state index < -0.39 is 0 Å². The summed E-state index contributed by atoms with van der Waals surface area (Å²) in [4.78, 5) is 15.4. The van der Waals surface area contributed by atoms with Gasteiger partial charge in [0, 0.05) is 21.1 Å². The van der Waals surface area contributed by atoms with Crippen molar-refractivity contribution in [3.8, 4) is 0 Å². The standard InChI is InChI=1S/C14H11Br2NO/c15-9-2-4-12-8(5-9)6-13(17-12)11-3-1-10(16)7-14(11)18/h2,4-7,11,17H,1,3H2. The number of carbonyl (C=O) groups excluding carboxylic acids is 1. The van der Waals surface area contributed by atoms with Gasteiger partial charge < -0.3 is 4.98 Å². The number of benzene rings is 1. The van der Waals surface area contributed by atoms with E-state index in [9.17, 15) is 4.79 Å². The molecule has 1 N–H and O–H groups in total. The van der Waals surface area contributed by atoms with Gasteiger partial charge >= 0.3 is 0 Å². The molecule has 1 aliphatic rings. The van der Waals surface area contributed by atoms with Crippen LogP contribution < -0.4 is 0 Å². The van der Waals surface area contributed by atoms with Crippen molar-refractivity contribution in [2.45, 2.75) is 18.8 Å². The van der Waals surface area contributed by atoms with Crippen LogP contribution in [0.3, 0.4) is 0 Å². The zero-order chi connectivity index (χ0) is 12.7. The van der Waals surface area contributed by atoms with Gasteiger partial charge in [-0.15, -0.1) is 0 Å². The van der Waals surface area contributed by atoms with Gasteiger partial charge in [0.1, 0.15) is 0 Å². The summed E-state index contributed by atoms with van der Waals surface area (Å²) in [5, 5.41) is 1.14. The topological polar surface area (TPSA) is 32.9 Å². The van der Waals surface area contributed by atoms with Crippen molar-refractivity contribution >= 4 is 48.5 Å². The molecule has 2 nitrogen and oxygen atoms in total. The second-order valence-electron chi connectivity index (χ2n) is 4.54. The first-order valence-electron chi connectivity index (χ1n) is 5.81. The smallest absolute Gasteiger partial charge is 0.165 e. The number of carbonyl (C=O) groups is 1. The first-order chi connectivity index (χ1) is 8.63. The van der Waals surface area contributed by atoms with Crippen molar-refractivity contribution in [1.29, 1.82) is 0 Å². The normalized spacial score (nSPS) is 20.2. The minimum atomic E-state index is -0.0301. The Morgan fingerprint density at radius 2 is 2.06 bits per heavy atom. The van der Waals surface area contributed by atoms with E-state index >= 15 is 0 Å². The molecule has 0 spiro atoms. The van der Waals surface area contributed by atoms with Crippen molar-refractivity contribution in [2.24, 2.45) is 0 Å². The van der Waals surface area contributed by atoms with E-state index in [1.807, 2.05) is 12.1 Å². The van der Waals surface area contributed by atoms with E-state index in [1.54, 1.807) is 6.08 Å². The van der Waals surface area contributed by atoms with Crippen molar-refractivity contribution in [3.05, 3.63) is 45.0 Å². The van der Waals surface area contributed by atoms with Gasteiger partial charge in [0.2, 0.25) is 0 Å². The van der Waals surface area contributed by atoms with Crippen molar-refractivity contribution in [3.63, 3.8) is 0 Å². The number of halogens is 2.